The van der Waals surface area contributed by atoms with Crippen LogP contribution in [0.1, 0.15) is 21.6 Å². The van der Waals surface area contributed by atoms with E-state index < -0.39 is 11.7 Å². The Morgan fingerprint density at radius 1 is 1.27 bits per heavy atom. The highest BCUT2D eigenvalue weighted by molar-refractivity contribution is 14.1. The van der Waals surface area contributed by atoms with Crippen LogP contribution < -0.4 is 5.32 Å². The van der Waals surface area contributed by atoms with Gasteiger partial charge in [0.25, 0.3) is 5.91 Å². The summed E-state index contributed by atoms with van der Waals surface area (Å²) in [6.07, 6.45) is 0.183. The second-order valence-corrected chi connectivity index (χ2v) is 6.71. The maximum absolute atomic E-state index is 12.8. The van der Waals surface area contributed by atoms with Crippen LogP contribution in [0, 0.1) is 3.57 Å². The Morgan fingerprint density at radius 2 is 2.04 bits per heavy atom. The van der Waals surface area contributed by atoms with Crippen LogP contribution in [0.4, 0.5) is 18.9 Å². The van der Waals surface area contributed by atoms with Gasteiger partial charge >= 0.3 is 6.18 Å². The summed E-state index contributed by atoms with van der Waals surface area (Å²) in [7, 11) is 1.66. The third-order valence-corrected chi connectivity index (χ3v) is 4.39. The van der Waals surface area contributed by atoms with Gasteiger partial charge in [-0.3, -0.25) is 14.2 Å². The molecule has 1 aromatic carbocycles. The Balaban J connectivity index is 1.72. The number of alkyl halides is 3. The predicted molar refractivity (Wildman–Crippen MR) is 96.7 cm³/mol. The number of nitrogens with zero attached hydrogens (tertiary/aromatic N) is 4. The standard InChI is InChI=1S/C16H13F3IN5O/c1-24-14(13(20)7-21-24)15(26)23-12-6-22-25(9-12)8-10-3-2-4-11(5-10)16(17,18)19/h2-7,9H,8H2,1H3,(H,23,26). The third-order valence-electron chi connectivity index (χ3n) is 3.60. The Bertz CT molecular complexity index is 928. The van der Waals surface area contributed by atoms with Gasteiger partial charge in [-0.15, -0.1) is 0 Å². The molecule has 1 amide bonds. The van der Waals surface area contributed by atoms with E-state index in [4.69, 9.17) is 0 Å². The molecule has 0 aliphatic rings. The average molecular weight is 475 g/mol. The highest BCUT2D eigenvalue weighted by Gasteiger charge is 2.30. The van der Waals surface area contributed by atoms with Crippen LogP contribution in [0.25, 0.3) is 0 Å². The van der Waals surface area contributed by atoms with Gasteiger partial charge in [-0.05, 0) is 40.3 Å². The van der Waals surface area contributed by atoms with Gasteiger partial charge < -0.3 is 5.32 Å². The van der Waals surface area contributed by atoms with Crippen LogP contribution in [0.3, 0.4) is 0 Å². The minimum atomic E-state index is -4.39. The largest absolute Gasteiger partial charge is 0.416 e. The molecule has 10 heteroatoms. The molecule has 3 rings (SSSR count). The van der Waals surface area contributed by atoms with Crippen molar-refractivity contribution in [2.45, 2.75) is 12.7 Å². The number of rotatable bonds is 4. The number of halogens is 4. The monoisotopic (exact) mass is 475 g/mol. The third kappa shape index (κ3) is 4.06. The Labute approximate surface area is 160 Å². The van der Waals surface area contributed by atoms with E-state index in [-0.39, 0.29) is 12.5 Å². The topological polar surface area (TPSA) is 64.7 Å². The van der Waals surface area contributed by atoms with E-state index in [2.05, 4.69) is 15.5 Å². The zero-order valence-electron chi connectivity index (χ0n) is 13.5. The van der Waals surface area contributed by atoms with Crippen LogP contribution in [-0.2, 0) is 19.8 Å². The van der Waals surface area contributed by atoms with Gasteiger partial charge in [0.05, 0.1) is 33.8 Å². The molecule has 0 radical (unpaired) electrons. The molecule has 3 aromatic rings. The van der Waals surface area contributed by atoms with Crippen molar-refractivity contribution in [3.63, 3.8) is 0 Å². The van der Waals surface area contributed by atoms with Crippen LogP contribution in [-0.4, -0.2) is 25.5 Å². The molecule has 1 N–H and O–H groups in total. The first-order valence-electron chi connectivity index (χ1n) is 7.41. The van der Waals surface area contributed by atoms with Crippen molar-refractivity contribution < 1.29 is 18.0 Å². The van der Waals surface area contributed by atoms with Crippen molar-refractivity contribution in [2.75, 3.05) is 5.32 Å². The summed E-state index contributed by atoms with van der Waals surface area (Å²) in [6.45, 7) is 0.156. The van der Waals surface area contributed by atoms with Gasteiger partial charge in [-0.2, -0.15) is 23.4 Å². The average Bonchev–Trinajstić information content (AvgIpc) is 3.13. The minimum absolute atomic E-state index is 0.156. The first-order valence-corrected chi connectivity index (χ1v) is 8.49. The summed E-state index contributed by atoms with van der Waals surface area (Å²) < 4.78 is 42.0. The molecule has 0 aliphatic heterocycles. The van der Waals surface area contributed by atoms with Crippen molar-refractivity contribution in [3.05, 3.63) is 63.2 Å². The van der Waals surface area contributed by atoms with Gasteiger partial charge in [-0.25, -0.2) is 0 Å². The fourth-order valence-corrected chi connectivity index (χ4v) is 3.12. The Kier molecular flexibility index (Phi) is 5.03. The summed E-state index contributed by atoms with van der Waals surface area (Å²) >= 11 is 2.01. The van der Waals surface area contributed by atoms with Gasteiger partial charge in [0.15, 0.2) is 0 Å². The molecule has 2 heterocycles. The lowest BCUT2D eigenvalue weighted by Gasteiger charge is -2.08. The molecular weight excluding hydrogens is 462 g/mol. The molecular formula is C16H13F3IN5O. The van der Waals surface area contributed by atoms with E-state index >= 15 is 0 Å². The molecule has 0 unspecified atom stereocenters. The molecule has 0 spiro atoms. The molecule has 0 saturated heterocycles. The second-order valence-electron chi connectivity index (χ2n) is 5.54. The number of carbonyl (C=O) groups is 1. The van der Waals surface area contributed by atoms with Gasteiger partial charge in [0.1, 0.15) is 5.69 Å². The number of nitrogens with one attached hydrogen (secondary N) is 1. The molecule has 0 atom stereocenters. The molecule has 0 saturated carbocycles. The second kappa shape index (κ2) is 7.09. The van der Waals surface area contributed by atoms with Crippen molar-refractivity contribution in [1.29, 1.82) is 0 Å². The van der Waals surface area contributed by atoms with Gasteiger partial charge in [-0.1, -0.05) is 12.1 Å². The molecule has 6 nitrogen and oxygen atoms in total. The Hall–Kier alpha value is -2.37. The van der Waals surface area contributed by atoms with E-state index in [1.165, 1.54) is 21.6 Å². The van der Waals surface area contributed by atoms with Crippen molar-refractivity contribution in [3.8, 4) is 0 Å². The molecule has 0 bridgehead atoms. The van der Waals surface area contributed by atoms with Gasteiger partial charge in [0.2, 0.25) is 0 Å². The lowest BCUT2D eigenvalue weighted by atomic mass is 10.1. The number of aromatic nitrogens is 4. The first-order chi connectivity index (χ1) is 12.2. The summed E-state index contributed by atoms with van der Waals surface area (Å²) in [4.78, 5) is 12.3. The normalized spacial score (nSPS) is 11.6. The van der Waals surface area contributed by atoms with Crippen molar-refractivity contribution >= 4 is 34.2 Å². The number of amides is 1. The molecule has 0 aliphatic carbocycles. The summed E-state index contributed by atoms with van der Waals surface area (Å²) in [5.41, 5.74) is 0.610. The smallest absolute Gasteiger partial charge is 0.318 e. The first kappa shape index (κ1) is 18.4. The molecule has 136 valence electrons. The van der Waals surface area contributed by atoms with Crippen LogP contribution >= 0.6 is 22.6 Å². The van der Waals surface area contributed by atoms with E-state index in [1.54, 1.807) is 25.5 Å². The summed E-state index contributed by atoms with van der Waals surface area (Å²) in [5.74, 6) is -0.340. The predicted octanol–water partition coefficient (Wildman–Crippen LogP) is 3.54. The van der Waals surface area contributed by atoms with E-state index in [0.29, 0.717) is 20.5 Å². The lowest BCUT2D eigenvalue weighted by molar-refractivity contribution is -0.137. The number of anilines is 1. The molecule has 2 aromatic heterocycles. The fraction of sp³-hybridized carbons (Fsp3) is 0.188. The maximum Gasteiger partial charge on any atom is 0.416 e. The number of aryl methyl sites for hydroxylation is 1. The number of hydrogen-bond acceptors (Lipinski definition) is 3. The minimum Gasteiger partial charge on any atom is -0.318 e. The fourth-order valence-electron chi connectivity index (χ4n) is 2.40. The quantitative estimate of drug-likeness (QED) is 0.588. The van der Waals surface area contributed by atoms with Crippen molar-refractivity contribution in [2.24, 2.45) is 7.05 Å². The highest BCUT2D eigenvalue weighted by atomic mass is 127. The SMILES string of the molecule is Cn1ncc(I)c1C(=O)Nc1cnn(Cc2cccc(C(F)(F)F)c2)c1. The van der Waals surface area contributed by atoms with Crippen LogP contribution in [0.2, 0.25) is 0 Å². The molecule has 0 fully saturated rings. The van der Waals surface area contributed by atoms with Gasteiger partial charge in [0, 0.05) is 13.2 Å². The zero-order chi connectivity index (χ0) is 18.9. The summed E-state index contributed by atoms with van der Waals surface area (Å²) in [5, 5.41) is 10.8. The number of benzene rings is 1. The van der Waals surface area contributed by atoms with Crippen LogP contribution in [0.5, 0.6) is 0 Å². The molecule has 26 heavy (non-hydrogen) atoms. The van der Waals surface area contributed by atoms with E-state index in [0.717, 1.165) is 12.1 Å². The Morgan fingerprint density at radius 3 is 2.69 bits per heavy atom. The number of carbonyl (C=O) groups excluding carboxylic acids is 1. The highest BCUT2D eigenvalue weighted by Crippen LogP contribution is 2.29. The number of hydrogen-bond donors (Lipinski definition) is 1. The van der Waals surface area contributed by atoms with E-state index in [1.807, 2.05) is 22.6 Å². The van der Waals surface area contributed by atoms with Crippen molar-refractivity contribution in [1.82, 2.24) is 19.6 Å². The lowest BCUT2D eigenvalue weighted by Crippen LogP contribution is -2.17. The maximum atomic E-state index is 12.8. The zero-order valence-corrected chi connectivity index (χ0v) is 15.6. The van der Waals surface area contributed by atoms with E-state index in [9.17, 15) is 18.0 Å². The summed E-state index contributed by atoms with van der Waals surface area (Å²) in [6, 6.07) is 5.05. The van der Waals surface area contributed by atoms with Crippen LogP contribution in [0.15, 0.2) is 42.9 Å².